The van der Waals surface area contributed by atoms with E-state index >= 15 is 4.39 Å². The minimum atomic E-state index is -4.91. The number of carboxylic acids is 1. The van der Waals surface area contributed by atoms with E-state index in [-0.39, 0.29) is 34.3 Å². The molecule has 1 heterocycles. The Morgan fingerprint density at radius 2 is 1.69 bits per heavy atom. The van der Waals surface area contributed by atoms with Crippen LogP contribution in [0, 0.1) is 18.7 Å². The third-order valence-corrected chi connectivity index (χ3v) is 5.70. The number of phenols is 1. The van der Waals surface area contributed by atoms with Gasteiger partial charge in [0.2, 0.25) is 5.91 Å². The highest BCUT2D eigenvalue weighted by molar-refractivity contribution is 6.05. The highest BCUT2D eigenvalue weighted by atomic mass is 19.4. The van der Waals surface area contributed by atoms with Crippen molar-refractivity contribution in [2.24, 2.45) is 5.92 Å². The maximum atomic E-state index is 15.1. The number of aromatic nitrogens is 1. The van der Waals surface area contributed by atoms with Crippen molar-refractivity contribution in [2.75, 3.05) is 6.54 Å². The Bertz CT molecular complexity index is 1330. The van der Waals surface area contributed by atoms with Crippen LogP contribution in [0.5, 0.6) is 11.5 Å². The van der Waals surface area contributed by atoms with Gasteiger partial charge in [-0.3, -0.25) is 19.0 Å². The second-order valence-corrected chi connectivity index (χ2v) is 8.21. The van der Waals surface area contributed by atoms with Crippen LogP contribution in [-0.4, -0.2) is 45.5 Å². The van der Waals surface area contributed by atoms with Crippen LogP contribution < -0.4 is 10.1 Å². The Morgan fingerprint density at radius 3 is 2.25 bits per heavy atom. The van der Waals surface area contributed by atoms with Gasteiger partial charge in [0.25, 0.3) is 5.91 Å². The van der Waals surface area contributed by atoms with Gasteiger partial charge in [-0.1, -0.05) is 6.92 Å². The number of aromatic hydroxyl groups is 1. The predicted octanol–water partition coefficient (Wildman–Crippen LogP) is 4.32. The number of phenolic OH excluding ortho intramolecular Hbond substituents is 1. The summed E-state index contributed by atoms with van der Waals surface area (Å²) >= 11 is 0. The summed E-state index contributed by atoms with van der Waals surface area (Å²) < 4.78 is 57.3. The third-order valence-electron chi connectivity index (χ3n) is 5.70. The molecular formula is C24H22F4N2O6. The predicted molar refractivity (Wildman–Crippen MR) is 119 cm³/mol. The van der Waals surface area contributed by atoms with Crippen molar-refractivity contribution in [2.45, 2.75) is 33.1 Å². The number of benzene rings is 2. The fraction of sp³-hybridized carbons (Fsp3) is 0.292. The Kier molecular flexibility index (Phi) is 7.27. The fourth-order valence-electron chi connectivity index (χ4n) is 3.82. The maximum absolute atomic E-state index is 15.1. The number of nitrogens with zero attached hydrogens (tertiary/aromatic N) is 1. The SMILES string of the molecule is Cc1c(C(C)C(=O)NCC(C)C(=O)O)c2c(F)c(O)ccc2n1C(=O)c1ccc(OC(F)(F)F)cc1. The summed E-state index contributed by atoms with van der Waals surface area (Å²) in [6, 6.07) is 6.43. The summed E-state index contributed by atoms with van der Waals surface area (Å²) in [7, 11) is 0. The quantitative estimate of drug-likeness (QED) is 0.408. The molecule has 0 saturated carbocycles. The number of carboxylic acid groups (broad SMARTS) is 1. The molecule has 2 atom stereocenters. The average Bonchev–Trinajstić information content (AvgIpc) is 3.10. The Morgan fingerprint density at radius 1 is 1.08 bits per heavy atom. The highest BCUT2D eigenvalue weighted by Crippen LogP contribution is 2.37. The lowest BCUT2D eigenvalue weighted by Gasteiger charge is -2.15. The van der Waals surface area contributed by atoms with Crippen molar-refractivity contribution in [3.05, 3.63) is 59.0 Å². The van der Waals surface area contributed by atoms with Crippen LogP contribution in [0.2, 0.25) is 0 Å². The summed E-state index contributed by atoms with van der Waals surface area (Å²) in [6.45, 7) is 4.10. The smallest absolute Gasteiger partial charge is 0.505 e. The molecule has 8 nitrogen and oxygen atoms in total. The second kappa shape index (κ2) is 9.88. The van der Waals surface area contributed by atoms with E-state index in [2.05, 4.69) is 10.1 Å². The van der Waals surface area contributed by atoms with Crippen LogP contribution in [0.3, 0.4) is 0 Å². The number of aliphatic carboxylic acids is 1. The van der Waals surface area contributed by atoms with Gasteiger partial charge in [0.15, 0.2) is 11.6 Å². The first-order chi connectivity index (χ1) is 16.7. The molecule has 12 heteroatoms. The molecule has 0 bridgehead atoms. The molecule has 0 aliphatic carbocycles. The molecule has 0 spiro atoms. The molecular weight excluding hydrogens is 488 g/mol. The van der Waals surface area contributed by atoms with E-state index in [1.54, 1.807) is 0 Å². The molecule has 0 aliphatic heterocycles. The maximum Gasteiger partial charge on any atom is 0.573 e. The van der Waals surface area contributed by atoms with Gasteiger partial charge in [-0.2, -0.15) is 0 Å². The van der Waals surface area contributed by atoms with Gasteiger partial charge in [0, 0.05) is 23.2 Å². The Hall–Kier alpha value is -4.09. The topological polar surface area (TPSA) is 118 Å². The van der Waals surface area contributed by atoms with Gasteiger partial charge < -0.3 is 20.3 Å². The number of rotatable bonds is 7. The van der Waals surface area contributed by atoms with E-state index in [1.165, 1.54) is 26.8 Å². The lowest BCUT2D eigenvalue weighted by Crippen LogP contribution is -2.34. The van der Waals surface area contributed by atoms with E-state index in [4.69, 9.17) is 5.11 Å². The molecule has 192 valence electrons. The van der Waals surface area contributed by atoms with Crippen LogP contribution >= 0.6 is 0 Å². The second-order valence-electron chi connectivity index (χ2n) is 8.21. The Labute approximate surface area is 202 Å². The summed E-state index contributed by atoms with van der Waals surface area (Å²) in [5.41, 5.74) is 0.224. The van der Waals surface area contributed by atoms with Gasteiger partial charge in [-0.15, -0.1) is 13.2 Å². The summed E-state index contributed by atoms with van der Waals surface area (Å²) in [5.74, 6) is -6.72. The molecule has 1 amide bonds. The molecule has 3 aromatic rings. The zero-order valence-electron chi connectivity index (χ0n) is 19.3. The highest BCUT2D eigenvalue weighted by Gasteiger charge is 2.32. The molecule has 1 aromatic heterocycles. The van der Waals surface area contributed by atoms with E-state index in [9.17, 15) is 32.7 Å². The first kappa shape index (κ1) is 26.5. The molecule has 2 unspecified atom stereocenters. The van der Waals surface area contributed by atoms with E-state index in [1.807, 2.05) is 0 Å². The molecule has 2 aromatic carbocycles. The lowest BCUT2D eigenvalue weighted by atomic mass is 9.96. The summed E-state index contributed by atoms with van der Waals surface area (Å²) in [4.78, 5) is 37.1. The number of nitrogens with one attached hydrogen (secondary N) is 1. The number of hydrogen-bond acceptors (Lipinski definition) is 5. The van der Waals surface area contributed by atoms with Crippen LogP contribution in [0.25, 0.3) is 10.9 Å². The van der Waals surface area contributed by atoms with Gasteiger partial charge in [0.1, 0.15) is 5.75 Å². The van der Waals surface area contributed by atoms with Crippen LogP contribution in [-0.2, 0) is 9.59 Å². The summed E-state index contributed by atoms with van der Waals surface area (Å²) in [6.07, 6.45) is -4.91. The molecule has 3 N–H and O–H groups in total. The van der Waals surface area contributed by atoms with Gasteiger partial charge >= 0.3 is 12.3 Å². The molecule has 0 aliphatic rings. The zero-order chi connectivity index (χ0) is 26.9. The van der Waals surface area contributed by atoms with Crippen LogP contribution in [0.15, 0.2) is 36.4 Å². The number of hydrogen-bond donors (Lipinski definition) is 3. The van der Waals surface area contributed by atoms with Crippen molar-refractivity contribution >= 4 is 28.7 Å². The van der Waals surface area contributed by atoms with Crippen molar-refractivity contribution in [1.82, 2.24) is 9.88 Å². The van der Waals surface area contributed by atoms with E-state index < -0.39 is 53.3 Å². The minimum absolute atomic E-state index is 0.0250. The number of carbonyl (C=O) groups is 3. The molecule has 0 saturated heterocycles. The monoisotopic (exact) mass is 510 g/mol. The molecule has 36 heavy (non-hydrogen) atoms. The number of alkyl halides is 3. The van der Waals surface area contributed by atoms with Gasteiger partial charge in [-0.25, -0.2) is 4.39 Å². The molecule has 3 rings (SSSR count). The van der Waals surface area contributed by atoms with Gasteiger partial charge in [0.05, 0.1) is 17.4 Å². The number of fused-ring (bicyclic) bond motifs is 1. The third kappa shape index (κ3) is 5.26. The number of ether oxygens (including phenoxy) is 1. The van der Waals surface area contributed by atoms with Crippen molar-refractivity contribution in [3.63, 3.8) is 0 Å². The summed E-state index contributed by atoms with van der Waals surface area (Å²) in [5, 5.41) is 21.2. The Balaban J connectivity index is 2.06. The zero-order valence-corrected chi connectivity index (χ0v) is 19.3. The fourth-order valence-corrected chi connectivity index (χ4v) is 3.82. The first-order valence-corrected chi connectivity index (χ1v) is 10.7. The average molecular weight is 510 g/mol. The van der Waals surface area contributed by atoms with Crippen molar-refractivity contribution in [1.29, 1.82) is 0 Å². The van der Waals surface area contributed by atoms with E-state index in [0.29, 0.717) is 0 Å². The largest absolute Gasteiger partial charge is 0.573 e. The van der Waals surface area contributed by atoms with Crippen molar-refractivity contribution in [3.8, 4) is 11.5 Å². The number of carbonyl (C=O) groups excluding carboxylic acids is 2. The first-order valence-electron chi connectivity index (χ1n) is 10.7. The molecule has 0 fully saturated rings. The number of amides is 1. The minimum Gasteiger partial charge on any atom is -0.505 e. The van der Waals surface area contributed by atoms with Gasteiger partial charge in [-0.05, 0) is 55.8 Å². The van der Waals surface area contributed by atoms with Crippen molar-refractivity contribution < 1.29 is 46.9 Å². The standard InChI is InChI=1S/C24H22F4N2O6/c1-11(23(34)35)10-29-21(32)12(2)18-13(3)30(16-8-9-17(31)20(25)19(16)18)22(33)14-4-6-15(7-5-14)36-24(26,27)28/h4-9,11-12,31H,10H2,1-3H3,(H,29,32)(H,34,35). The molecule has 0 radical (unpaired) electrons. The number of halogens is 4. The lowest BCUT2D eigenvalue weighted by molar-refractivity contribution is -0.274. The van der Waals surface area contributed by atoms with E-state index in [0.717, 1.165) is 34.9 Å². The van der Waals surface area contributed by atoms with Crippen LogP contribution in [0.4, 0.5) is 17.6 Å². The normalized spacial score (nSPS) is 13.3. The van der Waals surface area contributed by atoms with Crippen LogP contribution in [0.1, 0.15) is 41.4 Å².